The molecule has 1 atom stereocenters. The van der Waals surface area contributed by atoms with E-state index in [-0.39, 0.29) is 17.9 Å². The summed E-state index contributed by atoms with van der Waals surface area (Å²) in [7, 11) is 0. The first-order valence-electron chi connectivity index (χ1n) is 8.03. The third kappa shape index (κ3) is 4.39. The molecule has 1 aromatic rings. The van der Waals surface area contributed by atoms with E-state index in [1.54, 1.807) is 17.7 Å². The predicted molar refractivity (Wildman–Crippen MR) is 89.9 cm³/mol. The Morgan fingerprint density at radius 2 is 2.09 bits per heavy atom. The maximum absolute atomic E-state index is 12.2. The van der Waals surface area contributed by atoms with Gasteiger partial charge in [0, 0.05) is 43.7 Å². The lowest BCUT2D eigenvalue weighted by atomic mass is 10.2. The fraction of sp³-hybridized carbons (Fsp3) is 0.562. The molecule has 0 spiro atoms. The van der Waals surface area contributed by atoms with E-state index in [2.05, 4.69) is 15.2 Å². The molecule has 7 heteroatoms. The van der Waals surface area contributed by atoms with Gasteiger partial charge in [0.15, 0.2) is 0 Å². The molecule has 2 fully saturated rings. The van der Waals surface area contributed by atoms with Crippen LogP contribution in [0.25, 0.3) is 6.08 Å². The third-order valence-electron chi connectivity index (χ3n) is 4.32. The molecule has 2 heterocycles. The minimum atomic E-state index is -0.126. The summed E-state index contributed by atoms with van der Waals surface area (Å²) in [5, 5.41) is 4.95. The molecule has 1 aliphatic carbocycles. The fourth-order valence-corrected chi connectivity index (χ4v) is 3.13. The lowest BCUT2D eigenvalue weighted by Gasteiger charge is -2.37. The van der Waals surface area contributed by atoms with Crippen molar-refractivity contribution >= 4 is 29.2 Å². The Balaban J connectivity index is 1.45. The highest BCUT2D eigenvalue weighted by atomic mass is 32.1. The van der Waals surface area contributed by atoms with Crippen molar-refractivity contribution in [2.24, 2.45) is 0 Å². The SMILES string of the molecule is C[C@@H](C(=O)NC1CC1)N1CCN(C(=O)/C=C/c2cscn2)CC1. The van der Waals surface area contributed by atoms with Gasteiger partial charge < -0.3 is 10.2 Å². The topological polar surface area (TPSA) is 65.5 Å². The van der Waals surface area contributed by atoms with Crippen LogP contribution in [0.5, 0.6) is 0 Å². The van der Waals surface area contributed by atoms with Crippen LogP contribution in [-0.4, -0.2) is 64.9 Å². The van der Waals surface area contributed by atoms with Crippen molar-refractivity contribution in [2.75, 3.05) is 26.2 Å². The first-order chi connectivity index (χ1) is 11.1. The summed E-state index contributed by atoms with van der Waals surface area (Å²) in [5.41, 5.74) is 2.56. The predicted octanol–water partition coefficient (Wildman–Crippen LogP) is 0.968. The van der Waals surface area contributed by atoms with Crippen molar-refractivity contribution in [1.29, 1.82) is 0 Å². The average molecular weight is 334 g/mol. The van der Waals surface area contributed by atoms with Gasteiger partial charge in [-0.15, -0.1) is 11.3 Å². The minimum Gasteiger partial charge on any atom is -0.352 e. The maximum Gasteiger partial charge on any atom is 0.246 e. The number of carbonyl (C=O) groups excluding carboxylic acids is 2. The molecular weight excluding hydrogens is 312 g/mol. The average Bonchev–Trinajstić information content (AvgIpc) is 3.23. The van der Waals surface area contributed by atoms with Gasteiger partial charge >= 0.3 is 0 Å². The summed E-state index contributed by atoms with van der Waals surface area (Å²) in [6.07, 6.45) is 5.53. The maximum atomic E-state index is 12.2. The molecule has 1 saturated heterocycles. The first-order valence-corrected chi connectivity index (χ1v) is 8.97. The second kappa shape index (κ2) is 7.23. The van der Waals surface area contributed by atoms with Crippen LogP contribution in [0.1, 0.15) is 25.5 Å². The number of hydrogen-bond acceptors (Lipinski definition) is 5. The fourth-order valence-electron chi connectivity index (χ4n) is 2.61. The zero-order valence-electron chi connectivity index (χ0n) is 13.3. The van der Waals surface area contributed by atoms with Gasteiger partial charge in [0.25, 0.3) is 0 Å². The van der Waals surface area contributed by atoms with Gasteiger partial charge in [-0.1, -0.05) is 0 Å². The molecular formula is C16H22N4O2S. The lowest BCUT2D eigenvalue weighted by Crippen LogP contribution is -2.55. The molecule has 23 heavy (non-hydrogen) atoms. The van der Waals surface area contributed by atoms with Gasteiger partial charge in [-0.05, 0) is 25.8 Å². The van der Waals surface area contributed by atoms with Crippen molar-refractivity contribution in [3.63, 3.8) is 0 Å². The van der Waals surface area contributed by atoms with Gasteiger partial charge in [-0.3, -0.25) is 14.5 Å². The van der Waals surface area contributed by atoms with E-state index in [0.29, 0.717) is 19.1 Å². The van der Waals surface area contributed by atoms with Crippen LogP contribution in [0.4, 0.5) is 0 Å². The number of hydrogen-bond donors (Lipinski definition) is 1. The summed E-state index contributed by atoms with van der Waals surface area (Å²) in [4.78, 5) is 32.4. The Bertz CT molecular complexity index is 575. The van der Waals surface area contributed by atoms with Crippen molar-refractivity contribution in [3.05, 3.63) is 22.7 Å². The molecule has 1 N–H and O–H groups in total. The number of amides is 2. The number of piperazine rings is 1. The van der Waals surface area contributed by atoms with Gasteiger partial charge in [0.2, 0.25) is 11.8 Å². The van der Waals surface area contributed by atoms with E-state index in [4.69, 9.17) is 0 Å². The summed E-state index contributed by atoms with van der Waals surface area (Å²) in [5.74, 6) is 0.114. The van der Waals surface area contributed by atoms with E-state index in [0.717, 1.165) is 31.6 Å². The number of carbonyl (C=O) groups is 2. The smallest absolute Gasteiger partial charge is 0.246 e. The zero-order valence-corrected chi connectivity index (χ0v) is 14.1. The Hall–Kier alpha value is -1.73. The lowest BCUT2D eigenvalue weighted by molar-refractivity contribution is -0.130. The molecule has 2 aliphatic rings. The van der Waals surface area contributed by atoms with E-state index in [1.807, 2.05) is 17.2 Å². The molecule has 0 radical (unpaired) electrons. The molecule has 1 aliphatic heterocycles. The molecule has 2 amide bonds. The Morgan fingerprint density at radius 1 is 1.35 bits per heavy atom. The molecule has 1 aromatic heterocycles. The Labute approximate surface area is 140 Å². The van der Waals surface area contributed by atoms with Gasteiger partial charge in [-0.2, -0.15) is 0 Å². The van der Waals surface area contributed by atoms with Crippen molar-refractivity contribution < 1.29 is 9.59 Å². The zero-order chi connectivity index (χ0) is 16.2. The normalized spacial score (nSPS) is 20.7. The number of nitrogens with one attached hydrogen (secondary N) is 1. The van der Waals surface area contributed by atoms with E-state index in [1.165, 1.54) is 11.3 Å². The Kier molecular flexibility index (Phi) is 5.07. The molecule has 1 saturated carbocycles. The van der Waals surface area contributed by atoms with Crippen LogP contribution in [-0.2, 0) is 9.59 Å². The second-order valence-electron chi connectivity index (χ2n) is 6.07. The highest BCUT2D eigenvalue weighted by molar-refractivity contribution is 7.07. The monoisotopic (exact) mass is 334 g/mol. The Morgan fingerprint density at radius 3 is 2.70 bits per heavy atom. The summed E-state index contributed by atoms with van der Waals surface area (Å²) in [6.45, 7) is 4.71. The molecule has 0 unspecified atom stereocenters. The van der Waals surface area contributed by atoms with Crippen LogP contribution < -0.4 is 5.32 Å². The largest absolute Gasteiger partial charge is 0.352 e. The molecule has 6 nitrogen and oxygen atoms in total. The second-order valence-corrected chi connectivity index (χ2v) is 6.79. The van der Waals surface area contributed by atoms with Crippen LogP contribution >= 0.6 is 11.3 Å². The van der Waals surface area contributed by atoms with Crippen LogP contribution in [0.3, 0.4) is 0 Å². The van der Waals surface area contributed by atoms with E-state index in [9.17, 15) is 9.59 Å². The van der Waals surface area contributed by atoms with E-state index >= 15 is 0 Å². The number of nitrogens with zero attached hydrogens (tertiary/aromatic N) is 3. The minimum absolute atomic E-state index is 0.00716. The number of rotatable bonds is 5. The van der Waals surface area contributed by atoms with Crippen LogP contribution in [0, 0.1) is 0 Å². The third-order valence-corrected chi connectivity index (χ3v) is 4.93. The van der Waals surface area contributed by atoms with Crippen molar-refractivity contribution in [2.45, 2.75) is 31.8 Å². The molecule has 3 rings (SSSR count). The van der Waals surface area contributed by atoms with Gasteiger partial charge in [0.05, 0.1) is 17.2 Å². The van der Waals surface area contributed by atoms with Gasteiger partial charge in [0.1, 0.15) is 0 Å². The highest BCUT2D eigenvalue weighted by Gasteiger charge is 2.30. The summed E-state index contributed by atoms with van der Waals surface area (Å²) in [6, 6.07) is 0.266. The van der Waals surface area contributed by atoms with Crippen molar-refractivity contribution in [3.8, 4) is 0 Å². The molecule has 0 bridgehead atoms. The molecule has 124 valence electrons. The van der Waals surface area contributed by atoms with Crippen LogP contribution in [0.2, 0.25) is 0 Å². The quantitative estimate of drug-likeness (QED) is 0.815. The number of aromatic nitrogens is 1. The van der Waals surface area contributed by atoms with E-state index < -0.39 is 0 Å². The number of thiazole rings is 1. The molecule has 0 aromatic carbocycles. The first kappa shape index (κ1) is 16.1. The summed E-state index contributed by atoms with van der Waals surface area (Å²) >= 11 is 1.51. The van der Waals surface area contributed by atoms with Gasteiger partial charge in [-0.25, -0.2) is 4.98 Å². The van der Waals surface area contributed by atoms with Crippen LogP contribution in [0.15, 0.2) is 17.0 Å². The standard InChI is InChI=1S/C16H22N4O2S/c1-12(16(22)18-13-2-3-13)19-6-8-20(9-7-19)15(21)5-4-14-10-23-11-17-14/h4-5,10-13H,2-3,6-9H2,1H3,(H,18,22)/b5-4+/t12-/m0/s1. The van der Waals surface area contributed by atoms with Crippen molar-refractivity contribution in [1.82, 2.24) is 20.1 Å². The highest BCUT2D eigenvalue weighted by Crippen LogP contribution is 2.19. The summed E-state index contributed by atoms with van der Waals surface area (Å²) < 4.78 is 0.